The van der Waals surface area contributed by atoms with E-state index in [1.165, 1.54) is 7.11 Å². The van der Waals surface area contributed by atoms with Crippen LogP contribution in [0, 0.1) is 6.92 Å². The van der Waals surface area contributed by atoms with Gasteiger partial charge in [0.25, 0.3) is 5.91 Å². The average molecular weight is 342 g/mol. The Kier molecular flexibility index (Phi) is 7.48. The van der Waals surface area contributed by atoms with E-state index in [0.717, 1.165) is 18.4 Å². The molecule has 1 aromatic carbocycles. The van der Waals surface area contributed by atoms with E-state index in [4.69, 9.17) is 10.5 Å². The van der Waals surface area contributed by atoms with Crippen molar-refractivity contribution in [1.29, 1.82) is 0 Å². The second-order valence-electron chi connectivity index (χ2n) is 5.62. The molecule has 6 nitrogen and oxygen atoms in total. The lowest BCUT2D eigenvalue weighted by molar-refractivity contribution is -0.118. The van der Waals surface area contributed by atoms with E-state index in [1.54, 1.807) is 12.1 Å². The molecule has 128 valence electrons. The number of amides is 2. The van der Waals surface area contributed by atoms with E-state index in [9.17, 15) is 9.59 Å². The maximum Gasteiger partial charge on any atom is 0.251 e. The first-order chi connectivity index (χ1) is 10.5. The summed E-state index contributed by atoms with van der Waals surface area (Å²) in [6, 6.07) is 5.60. The monoisotopic (exact) mass is 341 g/mol. The second-order valence-corrected chi connectivity index (χ2v) is 5.62. The highest BCUT2D eigenvalue weighted by Crippen LogP contribution is 2.21. The number of hydrogen-bond acceptors (Lipinski definition) is 4. The van der Waals surface area contributed by atoms with E-state index >= 15 is 0 Å². The standard InChI is InChI=1S/C16H23N3O3.ClH/c1-10-3-4-11(16(21)18-12-5-6-12)7-14(10)19-15(20)8-13(9-17)22-2;/h3-4,7,12-13H,5-6,8-9,17H2,1-2H3,(H,18,21)(H,19,20);1H. The van der Waals surface area contributed by atoms with E-state index in [-0.39, 0.29) is 43.3 Å². The Hall–Kier alpha value is -1.63. The smallest absolute Gasteiger partial charge is 0.251 e. The quantitative estimate of drug-likeness (QED) is 0.702. The van der Waals surface area contributed by atoms with Crippen LogP contribution in [0.4, 0.5) is 5.69 Å². The third-order valence-corrected chi connectivity index (χ3v) is 3.70. The number of benzene rings is 1. The first-order valence-electron chi connectivity index (χ1n) is 7.47. The Morgan fingerprint density at radius 2 is 2.09 bits per heavy atom. The fourth-order valence-electron chi connectivity index (χ4n) is 2.07. The molecule has 0 bridgehead atoms. The number of nitrogens with two attached hydrogens (primary N) is 1. The minimum atomic E-state index is -0.304. The van der Waals surface area contributed by atoms with Crippen molar-refractivity contribution < 1.29 is 14.3 Å². The molecule has 1 aliphatic carbocycles. The molecule has 0 saturated heterocycles. The summed E-state index contributed by atoms with van der Waals surface area (Å²) in [7, 11) is 1.53. The molecule has 0 spiro atoms. The number of hydrogen-bond donors (Lipinski definition) is 3. The van der Waals surface area contributed by atoms with Gasteiger partial charge in [-0.25, -0.2) is 0 Å². The molecule has 4 N–H and O–H groups in total. The third-order valence-electron chi connectivity index (χ3n) is 3.70. The van der Waals surface area contributed by atoms with Gasteiger partial charge in [-0.3, -0.25) is 9.59 Å². The zero-order chi connectivity index (χ0) is 16.1. The molecular weight excluding hydrogens is 318 g/mol. The lowest BCUT2D eigenvalue weighted by Crippen LogP contribution is -2.28. The molecule has 0 aromatic heterocycles. The van der Waals surface area contributed by atoms with E-state index in [1.807, 2.05) is 13.0 Å². The minimum Gasteiger partial charge on any atom is -0.380 e. The first-order valence-corrected chi connectivity index (χ1v) is 7.47. The van der Waals surface area contributed by atoms with E-state index in [2.05, 4.69) is 10.6 Å². The summed E-state index contributed by atoms with van der Waals surface area (Å²) in [4.78, 5) is 24.1. The topological polar surface area (TPSA) is 93.4 Å². The number of methoxy groups -OCH3 is 1. The predicted octanol–water partition coefficient (Wildman–Crippen LogP) is 1.61. The van der Waals surface area contributed by atoms with Gasteiger partial charge in [-0.2, -0.15) is 0 Å². The van der Waals surface area contributed by atoms with Gasteiger partial charge in [0.05, 0.1) is 12.5 Å². The fourth-order valence-corrected chi connectivity index (χ4v) is 2.07. The van der Waals surface area contributed by atoms with Gasteiger partial charge in [-0.15, -0.1) is 12.4 Å². The van der Waals surface area contributed by atoms with Gasteiger partial charge in [0.15, 0.2) is 0 Å². The van der Waals surface area contributed by atoms with Crippen LogP contribution < -0.4 is 16.4 Å². The fraction of sp³-hybridized carbons (Fsp3) is 0.500. The summed E-state index contributed by atoms with van der Waals surface area (Å²) in [5, 5.41) is 5.75. The predicted molar refractivity (Wildman–Crippen MR) is 92.0 cm³/mol. The lowest BCUT2D eigenvalue weighted by atomic mass is 10.1. The van der Waals surface area contributed by atoms with Crippen LogP contribution in [-0.2, 0) is 9.53 Å². The van der Waals surface area contributed by atoms with Crippen molar-refractivity contribution in [1.82, 2.24) is 5.32 Å². The lowest BCUT2D eigenvalue weighted by Gasteiger charge is -2.14. The summed E-state index contributed by atoms with van der Waals surface area (Å²) in [6.45, 7) is 2.17. The van der Waals surface area contributed by atoms with Gasteiger partial charge in [-0.05, 0) is 37.5 Å². The van der Waals surface area contributed by atoms with Crippen LogP contribution in [-0.4, -0.2) is 37.6 Å². The number of nitrogens with one attached hydrogen (secondary N) is 2. The summed E-state index contributed by atoms with van der Waals surface area (Å²) in [6.07, 6.45) is 1.96. The van der Waals surface area contributed by atoms with Crippen molar-refractivity contribution in [2.45, 2.75) is 38.3 Å². The Balaban J connectivity index is 0.00000264. The average Bonchev–Trinajstić information content (AvgIpc) is 3.30. The molecule has 7 heteroatoms. The van der Waals surface area contributed by atoms with Crippen molar-refractivity contribution in [2.24, 2.45) is 5.73 Å². The second kappa shape index (κ2) is 8.86. The van der Waals surface area contributed by atoms with Crippen LogP contribution in [0.3, 0.4) is 0 Å². The maximum absolute atomic E-state index is 12.1. The normalized spacial score (nSPS) is 14.6. The third kappa shape index (κ3) is 5.82. The molecule has 0 radical (unpaired) electrons. The molecule has 1 atom stereocenters. The number of halogens is 1. The van der Waals surface area contributed by atoms with Crippen LogP contribution in [0.1, 0.15) is 35.2 Å². The molecule has 1 saturated carbocycles. The Labute approximate surface area is 142 Å². The van der Waals surface area contributed by atoms with Gasteiger partial charge >= 0.3 is 0 Å². The van der Waals surface area contributed by atoms with Crippen LogP contribution in [0.2, 0.25) is 0 Å². The Morgan fingerprint density at radius 3 is 2.65 bits per heavy atom. The molecule has 23 heavy (non-hydrogen) atoms. The number of rotatable bonds is 7. The van der Waals surface area contributed by atoms with Gasteiger partial charge in [0.1, 0.15) is 0 Å². The molecule has 1 aliphatic rings. The van der Waals surface area contributed by atoms with Crippen LogP contribution in [0.15, 0.2) is 18.2 Å². The first kappa shape index (κ1) is 19.4. The van der Waals surface area contributed by atoms with Crippen molar-refractivity contribution in [3.05, 3.63) is 29.3 Å². The van der Waals surface area contributed by atoms with E-state index in [0.29, 0.717) is 17.3 Å². The van der Waals surface area contributed by atoms with Crippen molar-refractivity contribution >= 4 is 29.9 Å². The Bertz CT molecular complexity index is 558. The summed E-state index contributed by atoms with van der Waals surface area (Å²) in [5.41, 5.74) is 7.60. The van der Waals surface area contributed by atoms with Crippen molar-refractivity contribution in [2.75, 3.05) is 19.0 Å². The molecule has 0 aliphatic heterocycles. The number of ether oxygens (including phenoxy) is 1. The molecule has 0 heterocycles. The maximum atomic E-state index is 12.1. The van der Waals surface area contributed by atoms with Crippen LogP contribution >= 0.6 is 12.4 Å². The van der Waals surface area contributed by atoms with Gasteiger partial charge in [0.2, 0.25) is 5.91 Å². The largest absolute Gasteiger partial charge is 0.380 e. The highest BCUT2D eigenvalue weighted by Gasteiger charge is 2.24. The molecule has 1 unspecified atom stereocenters. The molecule has 1 aromatic rings. The highest BCUT2D eigenvalue weighted by atomic mass is 35.5. The molecule has 1 fully saturated rings. The SMILES string of the molecule is COC(CN)CC(=O)Nc1cc(C(=O)NC2CC2)ccc1C.Cl. The number of anilines is 1. The molecular formula is C16H24ClN3O3. The number of carbonyl (C=O) groups excluding carboxylic acids is 2. The van der Waals surface area contributed by atoms with Crippen LogP contribution in [0.25, 0.3) is 0 Å². The summed E-state index contributed by atoms with van der Waals surface area (Å²) >= 11 is 0. The van der Waals surface area contributed by atoms with Gasteiger partial charge in [-0.1, -0.05) is 6.07 Å². The highest BCUT2D eigenvalue weighted by molar-refractivity contribution is 5.98. The summed E-state index contributed by atoms with van der Waals surface area (Å²) < 4.78 is 5.10. The minimum absolute atomic E-state index is 0. The molecule has 2 rings (SSSR count). The Morgan fingerprint density at radius 1 is 1.39 bits per heavy atom. The van der Waals surface area contributed by atoms with Gasteiger partial charge < -0.3 is 21.1 Å². The zero-order valence-electron chi connectivity index (χ0n) is 13.4. The van der Waals surface area contributed by atoms with Gasteiger partial charge in [0, 0.05) is 30.9 Å². The molecule has 2 amide bonds. The van der Waals surface area contributed by atoms with Crippen molar-refractivity contribution in [3.8, 4) is 0 Å². The van der Waals surface area contributed by atoms with Crippen molar-refractivity contribution in [3.63, 3.8) is 0 Å². The summed E-state index contributed by atoms with van der Waals surface area (Å²) in [5.74, 6) is -0.283. The van der Waals surface area contributed by atoms with Crippen LogP contribution in [0.5, 0.6) is 0 Å². The number of aryl methyl sites for hydroxylation is 1. The van der Waals surface area contributed by atoms with E-state index < -0.39 is 0 Å². The number of carbonyl (C=O) groups is 2. The zero-order valence-corrected chi connectivity index (χ0v) is 14.2.